The van der Waals surface area contributed by atoms with Gasteiger partial charge < -0.3 is 14.8 Å². The van der Waals surface area contributed by atoms with Crippen LogP contribution >= 0.6 is 15.9 Å². The highest BCUT2D eigenvalue weighted by molar-refractivity contribution is 9.10. The van der Waals surface area contributed by atoms with Crippen molar-refractivity contribution in [3.05, 3.63) is 46.7 Å². The molecule has 2 N–H and O–H groups in total. The average molecular weight is 268 g/mol. The lowest BCUT2D eigenvalue weighted by Crippen LogP contribution is -1.93. The molecule has 78 valence electrons. The van der Waals surface area contributed by atoms with Crippen LogP contribution in [-0.2, 0) is 6.61 Å². The van der Waals surface area contributed by atoms with Gasteiger partial charge in [0.05, 0.1) is 4.60 Å². The summed E-state index contributed by atoms with van der Waals surface area (Å²) < 4.78 is 6.36. The normalized spacial score (nSPS) is 10.2. The minimum atomic E-state index is 0.159. The summed E-state index contributed by atoms with van der Waals surface area (Å²) >= 11 is 3.31. The van der Waals surface area contributed by atoms with Gasteiger partial charge >= 0.3 is 0 Å². The van der Waals surface area contributed by atoms with Gasteiger partial charge in [0.25, 0.3) is 0 Å². The Balaban J connectivity index is 2.02. The number of H-pyrrole nitrogens is 1. The highest BCUT2D eigenvalue weighted by atomic mass is 79.9. The molecule has 15 heavy (non-hydrogen) atoms. The minimum Gasteiger partial charge on any atom is -0.504 e. The lowest BCUT2D eigenvalue weighted by Gasteiger charge is -2.05. The van der Waals surface area contributed by atoms with Crippen molar-refractivity contribution in [1.82, 2.24) is 4.98 Å². The number of hydrogen-bond acceptors (Lipinski definition) is 2. The molecule has 1 heterocycles. The SMILES string of the molecule is Oc1ccccc1OCc1c[nH]c(Br)c1. The Morgan fingerprint density at radius 1 is 1.33 bits per heavy atom. The Labute approximate surface area is 95.8 Å². The van der Waals surface area contributed by atoms with Crippen molar-refractivity contribution in [3.63, 3.8) is 0 Å². The molecule has 2 rings (SSSR count). The second kappa shape index (κ2) is 4.40. The third-order valence-electron chi connectivity index (χ3n) is 1.97. The average Bonchev–Trinajstić information content (AvgIpc) is 2.63. The molecule has 0 fully saturated rings. The zero-order valence-electron chi connectivity index (χ0n) is 7.90. The third kappa shape index (κ3) is 2.53. The fourth-order valence-corrected chi connectivity index (χ4v) is 1.64. The summed E-state index contributed by atoms with van der Waals surface area (Å²) in [6.07, 6.45) is 1.85. The Kier molecular flexibility index (Phi) is 2.97. The number of halogens is 1. The fraction of sp³-hybridized carbons (Fsp3) is 0.0909. The number of ether oxygens (including phenoxy) is 1. The van der Waals surface area contributed by atoms with E-state index in [4.69, 9.17) is 4.74 Å². The largest absolute Gasteiger partial charge is 0.504 e. The number of benzene rings is 1. The summed E-state index contributed by atoms with van der Waals surface area (Å²) in [7, 11) is 0. The van der Waals surface area contributed by atoms with Gasteiger partial charge in [0.2, 0.25) is 0 Å². The smallest absolute Gasteiger partial charge is 0.161 e. The highest BCUT2D eigenvalue weighted by Gasteiger charge is 2.01. The lowest BCUT2D eigenvalue weighted by atomic mass is 10.3. The number of para-hydroxylation sites is 2. The van der Waals surface area contributed by atoms with E-state index in [-0.39, 0.29) is 5.75 Å². The van der Waals surface area contributed by atoms with Crippen LogP contribution in [0, 0.1) is 0 Å². The molecule has 0 aliphatic heterocycles. The number of hydrogen-bond donors (Lipinski definition) is 2. The highest BCUT2D eigenvalue weighted by Crippen LogP contribution is 2.25. The molecule has 0 bridgehead atoms. The van der Waals surface area contributed by atoms with E-state index in [9.17, 15) is 5.11 Å². The van der Waals surface area contributed by atoms with Crippen molar-refractivity contribution < 1.29 is 9.84 Å². The molecule has 0 radical (unpaired) electrons. The van der Waals surface area contributed by atoms with E-state index in [1.807, 2.05) is 18.3 Å². The monoisotopic (exact) mass is 267 g/mol. The maximum absolute atomic E-state index is 9.45. The number of rotatable bonds is 3. The topological polar surface area (TPSA) is 45.2 Å². The van der Waals surface area contributed by atoms with Crippen molar-refractivity contribution in [2.75, 3.05) is 0 Å². The Hall–Kier alpha value is -1.42. The van der Waals surface area contributed by atoms with E-state index >= 15 is 0 Å². The molecule has 3 nitrogen and oxygen atoms in total. The molecular formula is C11H10BrNO2. The summed E-state index contributed by atoms with van der Waals surface area (Å²) in [6.45, 7) is 0.430. The first-order valence-corrected chi connectivity index (χ1v) is 5.28. The zero-order chi connectivity index (χ0) is 10.7. The number of nitrogens with one attached hydrogen (secondary N) is 1. The first-order chi connectivity index (χ1) is 7.25. The van der Waals surface area contributed by atoms with Crippen molar-refractivity contribution >= 4 is 15.9 Å². The summed E-state index contributed by atoms with van der Waals surface area (Å²) in [6, 6.07) is 8.84. The van der Waals surface area contributed by atoms with Crippen LogP contribution in [0.25, 0.3) is 0 Å². The van der Waals surface area contributed by atoms with Gasteiger partial charge in [-0.05, 0) is 34.1 Å². The number of phenolic OH excluding ortho intramolecular Hbond substituents is 1. The maximum Gasteiger partial charge on any atom is 0.161 e. The first kappa shape index (κ1) is 10.1. The van der Waals surface area contributed by atoms with E-state index in [0.29, 0.717) is 12.4 Å². The van der Waals surface area contributed by atoms with Gasteiger partial charge in [0, 0.05) is 11.8 Å². The lowest BCUT2D eigenvalue weighted by molar-refractivity contribution is 0.289. The third-order valence-corrected chi connectivity index (χ3v) is 2.43. The summed E-state index contributed by atoms with van der Waals surface area (Å²) in [5.41, 5.74) is 1.02. The van der Waals surface area contributed by atoms with Gasteiger partial charge in [-0.3, -0.25) is 0 Å². The van der Waals surface area contributed by atoms with Gasteiger partial charge in [-0.25, -0.2) is 0 Å². The molecule has 0 unspecified atom stereocenters. The van der Waals surface area contributed by atoms with Gasteiger partial charge in [-0.15, -0.1) is 0 Å². The zero-order valence-corrected chi connectivity index (χ0v) is 9.49. The standard InChI is InChI=1S/C11H10BrNO2/c12-11-5-8(6-13-11)7-15-10-4-2-1-3-9(10)14/h1-6,13-14H,7H2. The minimum absolute atomic E-state index is 0.159. The van der Waals surface area contributed by atoms with Crippen LogP contribution in [0.15, 0.2) is 41.1 Å². The van der Waals surface area contributed by atoms with E-state index < -0.39 is 0 Å². The number of aromatic hydroxyl groups is 1. The van der Waals surface area contributed by atoms with E-state index in [0.717, 1.165) is 10.2 Å². The number of aromatic amines is 1. The van der Waals surface area contributed by atoms with Gasteiger partial charge in [-0.2, -0.15) is 0 Å². The van der Waals surface area contributed by atoms with Crippen LogP contribution < -0.4 is 4.74 Å². The molecule has 0 spiro atoms. The Morgan fingerprint density at radius 2 is 2.13 bits per heavy atom. The molecule has 0 atom stereocenters. The van der Waals surface area contributed by atoms with E-state index in [2.05, 4.69) is 20.9 Å². The van der Waals surface area contributed by atoms with Crippen LogP contribution in [-0.4, -0.2) is 10.1 Å². The molecule has 1 aromatic carbocycles. The predicted octanol–water partition coefficient (Wildman–Crippen LogP) is 3.06. The van der Waals surface area contributed by atoms with E-state index in [1.54, 1.807) is 18.2 Å². The Morgan fingerprint density at radius 3 is 2.80 bits per heavy atom. The molecule has 0 aliphatic rings. The number of aromatic nitrogens is 1. The molecule has 1 aromatic heterocycles. The second-order valence-corrected chi connectivity index (χ2v) is 3.97. The predicted molar refractivity (Wildman–Crippen MR) is 60.9 cm³/mol. The van der Waals surface area contributed by atoms with Gasteiger partial charge in [0.15, 0.2) is 11.5 Å². The summed E-state index contributed by atoms with van der Waals surface area (Å²) in [5, 5.41) is 9.45. The summed E-state index contributed by atoms with van der Waals surface area (Å²) in [4.78, 5) is 2.99. The van der Waals surface area contributed by atoms with Crippen molar-refractivity contribution in [1.29, 1.82) is 0 Å². The fourth-order valence-electron chi connectivity index (χ4n) is 1.23. The molecule has 0 aliphatic carbocycles. The van der Waals surface area contributed by atoms with Crippen LogP contribution in [0.5, 0.6) is 11.5 Å². The van der Waals surface area contributed by atoms with Crippen molar-refractivity contribution in [2.45, 2.75) is 6.61 Å². The molecule has 0 amide bonds. The molecule has 4 heteroatoms. The molecule has 0 saturated heterocycles. The van der Waals surface area contributed by atoms with Crippen LogP contribution in [0.1, 0.15) is 5.56 Å². The van der Waals surface area contributed by atoms with Crippen molar-refractivity contribution in [3.8, 4) is 11.5 Å². The quantitative estimate of drug-likeness (QED) is 0.898. The maximum atomic E-state index is 9.45. The van der Waals surface area contributed by atoms with E-state index in [1.165, 1.54) is 0 Å². The summed E-state index contributed by atoms with van der Waals surface area (Å²) in [5.74, 6) is 0.655. The Bertz CT molecular complexity index is 453. The first-order valence-electron chi connectivity index (χ1n) is 4.49. The molecular weight excluding hydrogens is 258 g/mol. The van der Waals surface area contributed by atoms with Crippen LogP contribution in [0.4, 0.5) is 0 Å². The van der Waals surface area contributed by atoms with Gasteiger partial charge in [-0.1, -0.05) is 12.1 Å². The van der Waals surface area contributed by atoms with Crippen molar-refractivity contribution in [2.24, 2.45) is 0 Å². The molecule has 2 aromatic rings. The second-order valence-electron chi connectivity index (χ2n) is 3.11. The van der Waals surface area contributed by atoms with Crippen LogP contribution in [0.2, 0.25) is 0 Å². The van der Waals surface area contributed by atoms with Crippen LogP contribution in [0.3, 0.4) is 0 Å². The number of phenols is 1. The van der Waals surface area contributed by atoms with Gasteiger partial charge in [0.1, 0.15) is 6.61 Å². The molecule has 0 saturated carbocycles.